The van der Waals surface area contributed by atoms with E-state index in [0.717, 1.165) is 30.5 Å². The molecule has 0 unspecified atom stereocenters. The first-order valence-corrected chi connectivity index (χ1v) is 5.26. The van der Waals surface area contributed by atoms with Gasteiger partial charge in [0.15, 0.2) is 5.82 Å². The van der Waals surface area contributed by atoms with Crippen LogP contribution in [-0.2, 0) is 12.8 Å². The van der Waals surface area contributed by atoms with Crippen LogP contribution in [0.2, 0.25) is 0 Å². The fraction of sp³-hybridized carbons (Fsp3) is 0.273. The number of rotatable bonds is 1. The molecule has 2 N–H and O–H groups in total. The minimum atomic E-state index is 0.575. The van der Waals surface area contributed by atoms with Gasteiger partial charge in [-0.25, -0.2) is 15.0 Å². The van der Waals surface area contributed by atoms with Gasteiger partial charge in [0, 0.05) is 23.7 Å². The summed E-state index contributed by atoms with van der Waals surface area (Å²) < 4.78 is 0. The molecule has 2 aromatic rings. The molecule has 1 aliphatic carbocycles. The molecule has 16 heavy (non-hydrogen) atoms. The van der Waals surface area contributed by atoms with Crippen LogP contribution in [0.4, 0.5) is 5.82 Å². The van der Waals surface area contributed by atoms with E-state index < -0.39 is 0 Å². The molecule has 0 atom stereocenters. The van der Waals surface area contributed by atoms with Crippen molar-refractivity contribution >= 4 is 5.82 Å². The molecule has 0 saturated carbocycles. The molecule has 80 valence electrons. The molecule has 0 aliphatic heterocycles. The molecule has 5 nitrogen and oxygen atoms in total. The lowest BCUT2D eigenvalue weighted by Gasteiger charge is -2.05. The molecule has 0 radical (unpaired) electrons. The van der Waals surface area contributed by atoms with E-state index in [4.69, 9.17) is 5.73 Å². The predicted molar refractivity (Wildman–Crippen MR) is 59.5 cm³/mol. The van der Waals surface area contributed by atoms with Gasteiger partial charge in [0.05, 0.1) is 6.20 Å². The van der Waals surface area contributed by atoms with E-state index >= 15 is 0 Å². The molecule has 1 aliphatic rings. The summed E-state index contributed by atoms with van der Waals surface area (Å²) in [6.07, 6.45) is 7.98. The number of nitrogens with two attached hydrogens (primary N) is 1. The van der Waals surface area contributed by atoms with Gasteiger partial charge in [-0.05, 0) is 19.3 Å². The van der Waals surface area contributed by atoms with Gasteiger partial charge < -0.3 is 5.73 Å². The van der Waals surface area contributed by atoms with Crippen LogP contribution in [0, 0.1) is 0 Å². The zero-order valence-corrected chi connectivity index (χ0v) is 8.72. The Labute approximate surface area is 92.8 Å². The minimum Gasteiger partial charge on any atom is -0.383 e. The second kappa shape index (κ2) is 3.52. The number of aryl methyl sites for hydroxylation is 1. The van der Waals surface area contributed by atoms with Crippen LogP contribution in [-0.4, -0.2) is 19.9 Å². The monoisotopic (exact) mass is 213 g/mol. The Kier molecular flexibility index (Phi) is 2.02. The van der Waals surface area contributed by atoms with Gasteiger partial charge in [0.1, 0.15) is 11.5 Å². The zero-order valence-electron chi connectivity index (χ0n) is 8.72. The lowest BCUT2D eigenvalue weighted by molar-refractivity contribution is 0.899. The first kappa shape index (κ1) is 9.21. The lowest BCUT2D eigenvalue weighted by Crippen LogP contribution is -2.03. The van der Waals surface area contributed by atoms with Crippen LogP contribution >= 0.6 is 0 Å². The summed E-state index contributed by atoms with van der Waals surface area (Å²) in [7, 11) is 0. The van der Waals surface area contributed by atoms with Crippen molar-refractivity contribution in [3.8, 4) is 11.5 Å². The van der Waals surface area contributed by atoms with E-state index in [9.17, 15) is 0 Å². The van der Waals surface area contributed by atoms with Crippen LogP contribution in [0.5, 0.6) is 0 Å². The van der Waals surface area contributed by atoms with Crippen LogP contribution < -0.4 is 5.73 Å². The number of anilines is 1. The van der Waals surface area contributed by atoms with Gasteiger partial charge in [-0.1, -0.05) is 0 Å². The summed E-state index contributed by atoms with van der Waals surface area (Å²) in [5.41, 5.74) is 8.75. The Hall–Kier alpha value is -2.04. The number of nitrogens with zero attached hydrogens (tertiary/aromatic N) is 4. The van der Waals surface area contributed by atoms with Gasteiger partial charge in [-0.15, -0.1) is 0 Å². The minimum absolute atomic E-state index is 0.575. The third-order valence-electron chi connectivity index (χ3n) is 2.76. The van der Waals surface area contributed by atoms with Crippen molar-refractivity contribution in [3.05, 3.63) is 29.8 Å². The van der Waals surface area contributed by atoms with E-state index in [1.165, 1.54) is 0 Å². The van der Waals surface area contributed by atoms with Crippen molar-refractivity contribution in [1.82, 2.24) is 19.9 Å². The first-order valence-electron chi connectivity index (χ1n) is 5.26. The largest absolute Gasteiger partial charge is 0.383 e. The van der Waals surface area contributed by atoms with Crippen molar-refractivity contribution in [1.29, 1.82) is 0 Å². The Balaban J connectivity index is 2.13. The third kappa shape index (κ3) is 1.41. The smallest absolute Gasteiger partial charge is 0.182 e. The van der Waals surface area contributed by atoms with Gasteiger partial charge in [-0.2, -0.15) is 0 Å². The van der Waals surface area contributed by atoms with Crippen LogP contribution in [0.15, 0.2) is 18.6 Å². The summed E-state index contributed by atoms with van der Waals surface area (Å²) in [5.74, 6) is 1.16. The van der Waals surface area contributed by atoms with E-state index in [0.29, 0.717) is 17.3 Å². The second-order valence-electron chi connectivity index (χ2n) is 3.80. The van der Waals surface area contributed by atoms with Crippen molar-refractivity contribution in [2.75, 3.05) is 5.73 Å². The summed E-state index contributed by atoms with van der Waals surface area (Å²) in [5, 5.41) is 0. The Morgan fingerprint density at radius 2 is 2.06 bits per heavy atom. The highest BCUT2D eigenvalue weighted by Gasteiger charge is 2.18. The van der Waals surface area contributed by atoms with E-state index in [-0.39, 0.29) is 0 Å². The fourth-order valence-electron chi connectivity index (χ4n) is 1.99. The average Bonchev–Trinajstić information content (AvgIpc) is 2.79. The highest BCUT2D eigenvalue weighted by Crippen LogP contribution is 2.26. The van der Waals surface area contributed by atoms with Gasteiger partial charge in [0.25, 0.3) is 0 Å². The molecular formula is C11H11N5. The van der Waals surface area contributed by atoms with Gasteiger partial charge in [0.2, 0.25) is 0 Å². The lowest BCUT2D eigenvalue weighted by atomic mass is 10.2. The predicted octanol–water partition coefficient (Wildman–Crippen LogP) is 1.00. The number of hydrogen-bond donors (Lipinski definition) is 1. The van der Waals surface area contributed by atoms with Crippen molar-refractivity contribution in [2.24, 2.45) is 0 Å². The standard InChI is InChI=1S/C11H11N5/c12-10-7-2-1-3-8(7)15-11(16-10)9-6-13-4-5-14-9/h4-6H,1-3H2,(H2,12,15,16). The molecule has 0 fully saturated rings. The van der Waals surface area contributed by atoms with E-state index in [1.807, 2.05) is 0 Å². The van der Waals surface area contributed by atoms with Crippen molar-refractivity contribution < 1.29 is 0 Å². The normalized spacial score (nSPS) is 13.8. The number of nitrogen functional groups attached to an aromatic ring is 1. The molecule has 0 amide bonds. The molecule has 5 heteroatoms. The fourth-order valence-corrected chi connectivity index (χ4v) is 1.99. The van der Waals surface area contributed by atoms with Gasteiger partial charge in [-0.3, -0.25) is 4.98 Å². The number of fused-ring (bicyclic) bond motifs is 1. The second-order valence-corrected chi connectivity index (χ2v) is 3.80. The maximum Gasteiger partial charge on any atom is 0.182 e. The molecule has 0 spiro atoms. The molecular weight excluding hydrogens is 202 g/mol. The van der Waals surface area contributed by atoms with Crippen molar-refractivity contribution in [3.63, 3.8) is 0 Å². The van der Waals surface area contributed by atoms with Crippen LogP contribution in [0.25, 0.3) is 11.5 Å². The summed E-state index contributed by atoms with van der Waals surface area (Å²) in [4.78, 5) is 16.9. The topological polar surface area (TPSA) is 77.6 Å². The quantitative estimate of drug-likeness (QED) is 0.764. The Morgan fingerprint density at radius 1 is 1.12 bits per heavy atom. The van der Waals surface area contributed by atoms with E-state index in [2.05, 4.69) is 19.9 Å². The molecule has 2 heterocycles. The van der Waals surface area contributed by atoms with E-state index in [1.54, 1.807) is 18.6 Å². The number of aromatic nitrogens is 4. The maximum absolute atomic E-state index is 5.91. The summed E-state index contributed by atoms with van der Waals surface area (Å²) in [6, 6.07) is 0. The summed E-state index contributed by atoms with van der Waals surface area (Å²) >= 11 is 0. The first-order chi connectivity index (χ1) is 7.84. The Bertz CT molecular complexity index is 523. The highest BCUT2D eigenvalue weighted by atomic mass is 15.0. The van der Waals surface area contributed by atoms with Crippen LogP contribution in [0.1, 0.15) is 17.7 Å². The van der Waals surface area contributed by atoms with Crippen LogP contribution in [0.3, 0.4) is 0 Å². The summed E-state index contributed by atoms with van der Waals surface area (Å²) in [6.45, 7) is 0. The number of hydrogen-bond acceptors (Lipinski definition) is 5. The zero-order chi connectivity index (χ0) is 11.0. The third-order valence-corrected chi connectivity index (χ3v) is 2.76. The molecule has 0 aromatic carbocycles. The highest BCUT2D eigenvalue weighted by molar-refractivity contribution is 5.55. The molecule has 0 bridgehead atoms. The molecule has 2 aromatic heterocycles. The average molecular weight is 213 g/mol. The van der Waals surface area contributed by atoms with Crippen molar-refractivity contribution in [2.45, 2.75) is 19.3 Å². The maximum atomic E-state index is 5.91. The molecule has 0 saturated heterocycles. The SMILES string of the molecule is Nc1nc(-c2cnccn2)nc2c1CCC2. The van der Waals surface area contributed by atoms with Gasteiger partial charge >= 0.3 is 0 Å². The Morgan fingerprint density at radius 3 is 2.88 bits per heavy atom. The molecule has 3 rings (SSSR count).